The third-order valence-corrected chi connectivity index (χ3v) is 4.03. The topological polar surface area (TPSA) is 39.2 Å². The number of para-hydroxylation sites is 1. The molecule has 0 aliphatic heterocycles. The molecule has 2 aromatic heterocycles. The van der Waals surface area contributed by atoms with Crippen LogP contribution in [0.1, 0.15) is 23.1 Å². The summed E-state index contributed by atoms with van der Waals surface area (Å²) in [5.74, 6) is 0.882. The van der Waals surface area contributed by atoms with E-state index in [1.54, 1.807) is 11.3 Å². The Morgan fingerprint density at radius 1 is 1.17 bits per heavy atom. The summed E-state index contributed by atoms with van der Waals surface area (Å²) >= 11 is 1.78. The average molecular weight is 257 g/mol. The van der Waals surface area contributed by atoms with Crippen LogP contribution < -0.4 is 5.73 Å². The van der Waals surface area contributed by atoms with E-state index in [4.69, 9.17) is 10.2 Å². The largest absolute Gasteiger partial charge is 0.459 e. The molecule has 92 valence electrons. The van der Waals surface area contributed by atoms with E-state index in [-0.39, 0.29) is 6.04 Å². The van der Waals surface area contributed by atoms with Crippen molar-refractivity contribution in [1.82, 2.24) is 0 Å². The Bertz CT molecular complexity index is 594. The molecule has 0 aliphatic carbocycles. The third kappa shape index (κ3) is 2.33. The number of benzene rings is 1. The maximum absolute atomic E-state index is 6.19. The predicted molar refractivity (Wildman–Crippen MR) is 75.8 cm³/mol. The fraction of sp³-hybridized carbons (Fsp3) is 0.200. The van der Waals surface area contributed by atoms with Gasteiger partial charge in [0.1, 0.15) is 11.3 Å². The number of thiophene rings is 1. The first-order chi connectivity index (χ1) is 8.83. The summed E-state index contributed by atoms with van der Waals surface area (Å²) in [6.45, 7) is 0. The molecule has 0 radical (unpaired) electrons. The fourth-order valence-corrected chi connectivity index (χ4v) is 2.80. The van der Waals surface area contributed by atoms with Gasteiger partial charge in [-0.25, -0.2) is 0 Å². The van der Waals surface area contributed by atoms with E-state index >= 15 is 0 Å². The van der Waals surface area contributed by atoms with E-state index in [0.29, 0.717) is 0 Å². The van der Waals surface area contributed by atoms with Gasteiger partial charge in [-0.05, 0) is 36.4 Å². The van der Waals surface area contributed by atoms with Gasteiger partial charge in [0.05, 0.1) is 6.04 Å². The molecule has 0 saturated heterocycles. The van der Waals surface area contributed by atoms with Gasteiger partial charge in [-0.15, -0.1) is 11.3 Å². The second-order valence-electron chi connectivity index (χ2n) is 4.41. The van der Waals surface area contributed by atoms with Gasteiger partial charge in [-0.3, -0.25) is 0 Å². The summed E-state index contributed by atoms with van der Waals surface area (Å²) in [6, 6.07) is 14.3. The van der Waals surface area contributed by atoms with Crippen LogP contribution >= 0.6 is 11.3 Å². The predicted octanol–water partition coefficient (Wildman–Crippen LogP) is 4.13. The minimum atomic E-state index is -0.0282. The van der Waals surface area contributed by atoms with Gasteiger partial charge in [-0.1, -0.05) is 24.3 Å². The number of aryl methyl sites for hydroxylation is 1. The monoisotopic (exact) mass is 257 g/mol. The molecule has 0 amide bonds. The summed E-state index contributed by atoms with van der Waals surface area (Å²) in [4.78, 5) is 1.38. The SMILES string of the molecule is NC(CCc1cccs1)c1cc2ccccc2o1. The quantitative estimate of drug-likeness (QED) is 0.763. The molecule has 2 heterocycles. The molecule has 0 bridgehead atoms. The number of fused-ring (bicyclic) bond motifs is 1. The Hall–Kier alpha value is -1.58. The highest BCUT2D eigenvalue weighted by Gasteiger charge is 2.12. The van der Waals surface area contributed by atoms with E-state index in [9.17, 15) is 0 Å². The highest BCUT2D eigenvalue weighted by Crippen LogP contribution is 2.25. The molecule has 2 N–H and O–H groups in total. The Balaban J connectivity index is 1.73. The van der Waals surface area contributed by atoms with Crippen molar-refractivity contribution >= 4 is 22.3 Å². The van der Waals surface area contributed by atoms with Gasteiger partial charge in [0, 0.05) is 10.3 Å². The van der Waals surface area contributed by atoms with Crippen LogP contribution in [0, 0.1) is 0 Å². The minimum Gasteiger partial charge on any atom is -0.459 e. The van der Waals surface area contributed by atoms with Crippen LogP contribution in [0.4, 0.5) is 0 Å². The second-order valence-corrected chi connectivity index (χ2v) is 5.44. The fourth-order valence-electron chi connectivity index (χ4n) is 2.08. The number of furan rings is 1. The number of rotatable bonds is 4. The first-order valence-electron chi connectivity index (χ1n) is 6.09. The maximum Gasteiger partial charge on any atom is 0.134 e. The molecule has 3 rings (SSSR count). The molecule has 3 aromatic rings. The molecular weight excluding hydrogens is 242 g/mol. The normalized spacial score (nSPS) is 12.9. The van der Waals surface area contributed by atoms with E-state index in [0.717, 1.165) is 29.6 Å². The summed E-state index contributed by atoms with van der Waals surface area (Å²) in [6.07, 6.45) is 1.93. The highest BCUT2D eigenvalue weighted by atomic mass is 32.1. The van der Waals surface area contributed by atoms with Crippen molar-refractivity contribution in [2.45, 2.75) is 18.9 Å². The van der Waals surface area contributed by atoms with Gasteiger partial charge in [-0.2, -0.15) is 0 Å². The Kier molecular flexibility index (Phi) is 3.17. The van der Waals surface area contributed by atoms with E-state index in [1.807, 2.05) is 24.3 Å². The van der Waals surface area contributed by atoms with Crippen molar-refractivity contribution in [2.24, 2.45) is 5.73 Å². The Morgan fingerprint density at radius 3 is 2.83 bits per heavy atom. The summed E-state index contributed by atoms with van der Waals surface area (Å²) in [5, 5.41) is 3.22. The van der Waals surface area contributed by atoms with Crippen LogP contribution in [0.2, 0.25) is 0 Å². The molecule has 3 heteroatoms. The molecule has 0 fully saturated rings. The van der Waals surface area contributed by atoms with Gasteiger partial charge in [0.25, 0.3) is 0 Å². The van der Waals surface area contributed by atoms with Gasteiger partial charge < -0.3 is 10.2 Å². The molecule has 0 saturated carbocycles. The van der Waals surface area contributed by atoms with Crippen LogP contribution in [0.3, 0.4) is 0 Å². The lowest BCUT2D eigenvalue weighted by Gasteiger charge is -2.06. The van der Waals surface area contributed by atoms with Gasteiger partial charge in [0.2, 0.25) is 0 Å². The molecule has 2 nitrogen and oxygen atoms in total. The van der Waals surface area contributed by atoms with Crippen molar-refractivity contribution in [2.75, 3.05) is 0 Å². The molecular formula is C15H15NOS. The maximum atomic E-state index is 6.19. The van der Waals surface area contributed by atoms with Gasteiger partial charge >= 0.3 is 0 Å². The zero-order chi connectivity index (χ0) is 12.4. The Morgan fingerprint density at radius 2 is 2.06 bits per heavy atom. The average Bonchev–Trinajstić information content (AvgIpc) is 3.04. The van der Waals surface area contributed by atoms with Crippen molar-refractivity contribution in [3.05, 3.63) is 58.5 Å². The number of hydrogen-bond donors (Lipinski definition) is 1. The van der Waals surface area contributed by atoms with Crippen LogP contribution in [0.25, 0.3) is 11.0 Å². The zero-order valence-electron chi connectivity index (χ0n) is 10.0. The van der Waals surface area contributed by atoms with E-state index < -0.39 is 0 Å². The molecule has 18 heavy (non-hydrogen) atoms. The molecule has 1 unspecified atom stereocenters. The lowest BCUT2D eigenvalue weighted by atomic mass is 10.1. The zero-order valence-corrected chi connectivity index (χ0v) is 10.8. The van der Waals surface area contributed by atoms with E-state index in [1.165, 1.54) is 4.88 Å². The molecule has 0 spiro atoms. The minimum absolute atomic E-state index is 0.0282. The van der Waals surface area contributed by atoms with Crippen LogP contribution in [0.5, 0.6) is 0 Å². The van der Waals surface area contributed by atoms with Gasteiger partial charge in [0.15, 0.2) is 0 Å². The first-order valence-corrected chi connectivity index (χ1v) is 6.97. The van der Waals surface area contributed by atoms with Crippen molar-refractivity contribution in [3.63, 3.8) is 0 Å². The smallest absolute Gasteiger partial charge is 0.134 e. The second kappa shape index (κ2) is 4.96. The lowest BCUT2D eigenvalue weighted by Crippen LogP contribution is -2.09. The van der Waals surface area contributed by atoms with Crippen molar-refractivity contribution in [1.29, 1.82) is 0 Å². The number of hydrogen-bond acceptors (Lipinski definition) is 3. The summed E-state index contributed by atoms with van der Waals surface area (Å²) in [7, 11) is 0. The highest BCUT2D eigenvalue weighted by molar-refractivity contribution is 7.09. The standard InChI is InChI=1S/C15H15NOS/c16-13(8-7-12-5-3-9-18-12)15-10-11-4-1-2-6-14(11)17-15/h1-6,9-10,13H,7-8,16H2. The first kappa shape index (κ1) is 11.5. The van der Waals surface area contributed by atoms with Crippen LogP contribution in [-0.2, 0) is 6.42 Å². The molecule has 1 atom stereocenters. The Labute approximate surface area is 110 Å². The molecule has 0 aliphatic rings. The van der Waals surface area contributed by atoms with Crippen LogP contribution in [-0.4, -0.2) is 0 Å². The summed E-state index contributed by atoms with van der Waals surface area (Å²) < 4.78 is 5.78. The van der Waals surface area contributed by atoms with Crippen LogP contribution in [0.15, 0.2) is 52.3 Å². The summed E-state index contributed by atoms with van der Waals surface area (Å²) in [5.41, 5.74) is 7.10. The van der Waals surface area contributed by atoms with Crippen molar-refractivity contribution in [3.8, 4) is 0 Å². The van der Waals surface area contributed by atoms with E-state index in [2.05, 4.69) is 23.6 Å². The van der Waals surface area contributed by atoms with Crippen molar-refractivity contribution < 1.29 is 4.42 Å². The molecule has 1 aromatic carbocycles. The number of nitrogens with two attached hydrogens (primary N) is 1. The third-order valence-electron chi connectivity index (χ3n) is 3.09. The lowest BCUT2D eigenvalue weighted by molar-refractivity contribution is 0.479.